The van der Waals surface area contributed by atoms with Gasteiger partial charge in [-0.15, -0.1) is 0 Å². The molecule has 0 spiro atoms. The van der Waals surface area contributed by atoms with Crippen LogP contribution in [0.15, 0.2) is 41.3 Å². The Morgan fingerprint density at radius 1 is 1.12 bits per heavy atom. The van der Waals surface area contributed by atoms with Crippen LogP contribution in [0.3, 0.4) is 0 Å². The van der Waals surface area contributed by atoms with Gasteiger partial charge in [-0.1, -0.05) is 11.6 Å². The van der Waals surface area contributed by atoms with Crippen LogP contribution in [0.2, 0.25) is 5.02 Å². The van der Waals surface area contributed by atoms with E-state index in [0.29, 0.717) is 10.5 Å². The molecule has 1 heterocycles. The number of ketones is 1. The summed E-state index contributed by atoms with van der Waals surface area (Å²) in [5.41, 5.74) is -0.781. The Kier molecular flexibility index (Phi) is 4.75. The largest absolute Gasteiger partial charge is 0.478 e. The first kappa shape index (κ1) is 18.7. The second-order valence-corrected chi connectivity index (χ2v) is 8.12. The van der Waals surface area contributed by atoms with E-state index in [1.807, 2.05) is 0 Å². The highest BCUT2D eigenvalue weighted by Crippen LogP contribution is 2.42. The molecule has 0 bridgehead atoms. The second-order valence-electron chi connectivity index (χ2n) is 6.37. The minimum Gasteiger partial charge on any atom is -0.478 e. The van der Waals surface area contributed by atoms with Gasteiger partial charge in [0.15, 0.2) is 5.60 Å². The summed E-state index contributed by atoms with van der Waals surface area (Å²) >= 11 is 6.18. The predicted octanol–water partition coefficient (Wildman–Crippen LogP) is 4.60. The van der Waals surface area contributed by atoms with E-state index >= 15 is 0 Å². The molecule has 0 aromatic heterocycles. The molecule has 1 atom stereocenters. The van der Waals surface area contributed by atoms with E-state index in [1.165, 1.54) is 18.4 Å². The van der Waals surface area contributed by atoms with E-state index in [1.54, 1.807) is 26.0 Å². The van der Waals surface area contributed by atoms with E-state index in [9.17, 15) is 17.8 Å². The molecule has 136 valence electrons. The highest BCUT2D eigenvalue weighted by molar-refractivity contribution is 7.84. The third-order valence-corrected chi connectivity index (χ3v) is 5.46. The van der Waals surface area contributed by atoms with Crippen molar-refractivity contribution in [2.45, 2.75) is 24.3 Å². The van der Waals surface area contributed by atoms with Crippen LogP contribution >= 0.6 is 11.6 Å². The van der Waals surface area contributed by atoms with Crippen LogP contribution in [0.1, 0.15) is 25.0 Å². The van der Waals surface area contributed by atoms with Gasteiger partial charge >= 0.3 is 0 Å². The number of hydrogen-bond acceptors (Lipinski definition) is 3. The number of ether oxygens (including phenoxy) is 1. The van der Waals surface area contributed by atoms with Crippen LogP contribution in [0.5, 0.6) is 0 Å². The van der Waals surface area contributed by atoms with E-state index in [4.69, 9.17) is 16.3 Å². The lowest BCUT2D eigenvalue weighted by atomic mass is 9.92. The molecule has 0 fully saturated rings. The molecule has 0 radical (unpaired) electrons. The molecule has 0 N–H and O–H groups in total. The molecule has 3 nitrogen and oxygen atoms in total. The van der Waals surface area contributed by atoms with Crippen molar-refractivity contribution in [3.8, 4) is 0 Å². The third kappa shape index (κ3) is 3.19. The van der Waals surface area contributed by atoms with Gasteiger partial charge in [0.25, 0.3) is 0 Å². The van der Waals surface area contributed by atoms with Gasteiger partial charge in [0.1, 0.15) is 17.4 Å². The van der Waals surface area contributed by atoms with Crippen LogP contribution in [-0.4, -0.2) is 21.8 Å². The highest BCUT2D eigenvalue weighted by atomic mass is 35.5. The number of hydrogen-bond donors (Lipinski definition) is 0. The lowest BCUT2D eigenvalue weighted by Crippen LogP contribution is -2.29. The maximum atomic E-state index is 14.3. The molecular weight excluding hydrogens is 382 g/mol. The van der Waals surface area contributed by atoms with Gasteiger partial charge in [-0.25, -0.2) is 8.78 Å². The molecule has 0 saturated carbocycles. The number of Topliss-reactive ketones (excluding diaryl/α,β-unsaturated/α-hetero) is 1. The minimum absolute atomic E-state index is 0.0222. The smallest absolute Gasteiger partial charge is 0.210 e. The van der Waals surface area contributed by atoms with Crippen LogP contribution in [0, 0.1) is 11.6 Å². The monoisotopic (exact) mass is 396 g/mol. The zero-order chi connectivity index (χ0) is 19.2. The summed E-state index contributed by atoms with van der Waals surface area (Å²) in [5.74, 6) is -1.86. The summed E-state index contributed by atoms with van der Waals surface area (Å²) in [6.45, 7) is 3.14. The van der Waals surface area contributed by atoms with Crippen molar-refractivity contribution in [3.63, 3.8) is 0 Å². The maximum Gasteiger partial charge on any atom is 0.210 e. The van der Waals surface area contributed by atoms with Crippen LogP contribution in [-0.2, 0) is 20.3 Å². The predicted molar refractivity (Wildman–Crippen MR) is 97.1 cm³/mol. The van der Waals surface area contributed by atoms with E-state index in [0.717, 1.165) is 12.1 Å². The van der Waals surface area contributed by atoms with Crippen molar-refractivity contribution in [2.24, 2.45) is 0 Å². The first-order chi connectivity index (χ1) is 12.1. The normalized spacial score (nSPS) is 17.4. The summed E-state index contributed by atoms with van der Waals surface area (Å²) < 4.78 is 45.0. The van der Waals surface area contributed by atoms with E-state index in [-0.39, 0.29) is 21.9 Å². The molecule has 3 rings (SSSR count). The minimum atomic E-state index is -1.28. The average molecular weight is 397 g/mol. The summed E-state index contributed by atoms with van der Waals surface area (Å²) in [7, 11) is -1.28. The van der Waals surface area contributed by atoms with E-state index in [2.05, 4.69) is 0 Å². The standard InChI is InChI=1S/C19H15ClF2O3S/c1-19(2)18(23)16(12-6-5-11(21)9-14(12)22)17(25-19)10-4-7-15(26(3)24)13(20)8-10/h4-9H,1-3H3. The Labute approximate surface area is 157 Å². The number of carbonyl (C=O) groups excluding carboxylic acids is 1. The van der Waals surface area contributed by atoms with Crippen molar-refractivity contribution in [1.82, 2.24) is 0 Å². The second kappa shape index (κ2) is 6.59. The molecule has 2 aromatic rings. The first-order valence-electron chi connectivity index (χ1n) is 7.68. The lowest BCUT2D eigenvalue weighted by Gasteiger charge is -2.18. The van der Waals surface area contributed by atoms with Crippen LogP contribution < -0.4 is 0 Å². The number of rotatable bonds is 3. The summed E-state index contributed by atoms with van der Waals surface area (Å²) in [5, 5.41) is 0.246. The van der Waals surface area contributed by atoms with E-state index < -0.39 is 33.8 Å². The molecule has 2 aromatic carbocycles. The Morgan fingerprint density at radius 3 is 2.38 bits per heavy atom. The van der Waals surface area contributed by atoms with Crippen molar-refractivity contribution < 1.29 is 22.5 Å². The number of halogens is 3. The quantitative estimate of drug-likeness (QED) is 0.761. The molecule has 0 amide bonds. The fourth-order valence-corrected chi connectivity index (χ4v) is 3.87. The summed E-state index contributed by atoms with van der Waals surface area (Å²) in [6.07, 6.45) is 1.50. The number of benzene rings is 2. The topological polar surface area (TPSA) is 43.4 Å². The molecule has 0 saturated heterocycles. The summed E-state index contributed by atoms with van der Waals surface area (Å²) in [6, 6.07) is 7.70. The SMILES string of the molecule is CS(=O)c1ccc(C2=C(c3ccc(F)cc3F)C(=O)C(C)(C)O2)cc1Cl. The van der Waals surface area contributed by atoms with Crippen LogP contribution in [0.25, 0.3) is 11.3 Å². The zero-order valence-corrected chi connectivity index (χ0v) is 15.8. The number of carbonyl (C=O) groups is 1. The van der Waals surface area contributed by atoms with Gasteiger partial charge in [-0.05, 0) is 44.2 Å². The van der Waals surface area contributed by atoms with Crippen molar-refractivity contribution >= 4 is 39.5 Å². The lowest BCUT2D eigenvalue weighted by molar-refractivity contribution is -0.125. The zero-order valence-electron chi connectivity index (χ0n) is 14.2. The first-order valence-corrected chi connectivity index (χ1v) is 9.62. The van der Waals surface area contributed by atoms with Crippen molar-refractivity contribution in [1.29, 1.82) is 0 Å². The fourth-order valence-electron chi connectivity index (χ4n) is 2.77. The average Bonchev–Trinajstić information content (AvgIpc) is 2.78. The third-order valence-electron chi connectivity index (χ3n) is 4.06. The Balaban J connectivity index is 2.23. The molecule has 26 heavy (non-hydrogen) atoms. The fraction of sp³-hybridized carbons (Fsp3) is 0.211. The van der Waals surface area contributed by atoms with Crippen molar-refractivity contribution in [3.05, 3.63) is 64.2 Å². The molecule has 1 aliphatic heterocycles. The van der Waals surface area contributed by atoms with Gasteiger partial charge in [-0.3, -0.25) is 9.00 Å². The van der Waals surface area contributed by atoms with Crippen molar-refractivity contribution in [2.75, 3.05) is 6.26 Å². The summed E-state index contributed by atoms with van der Waals surface area (Å²) in [4.78, 5) is 13.2. The van der Waals surface area contributed by atoms with Gasteiger partial charge in [0, 0.05) is 23.4 Å². The Hall–Kier alpha value is -2.05. The molecule has 0 aliphatic carbocycles. The van der Waals surface area contributed by atoms with Crippen LogP contribution in [0.4, 0.5) is 8.78 Å². The molecular formula is C19H15ClF2O3S. The molecule has 1 aliphatic rings. The van der Waals surface area contributed by atoms with Gasteiger partial charge in [-0.2, -0.15) is 0 Å². The molecule has 7 heteroatoms. The molecule has 1 unspecified atom stereocenters. The Bertz CT molecular complexity index is 983. The Morgan fingerprint density at radius 2 is 1.81 bits per heavy atom. The highest BCUT2D eigenvalue weighted by Gasteiger charge is 2.43. The van der Waals surface area contributed by atoms with Gasteiger partial charge in [0.2, 0.25) is 5.78 Å². The van der Waals surface area contributed by atoms with Gasteiger partial charge < -0.3 is 4.74 Å². The maximum absolute atomic E-state index is 14.3. The van der Waals surface area contributed by atoms with Gasteiger partial charge in [0.05, 0.1) is 26.3 Å².